The molecule has 0 unspecified atom stereocenters. The minimum absolute atomic E-state index is 0.0759. The number of alkyl halides is 2. The van der Waals surface area contributed by atoms with Crippen LogP contribution >= 0.6 is 11.6 Å². The van der Waals surface area contributed by atoms with E-state index in [-0.39, 0.29) is 46.3 Å². The van der Waals surface area contributed by atoms with Gasteiger partial charge in [-0.15, -0.1) is 5.10 Å². The molecule has 15 heteroatoms. The highest BCUT2D eigenvalue weighted by atomic mass is 35.5. The van der Waals surface area contributed by atoms with Gasteiger partial charge in [0.05, 0.1) is 52.9 Å². The summed E-state index contributed by atoms with van der Waals surface area (Å²) in [4.78, 5) is 44.2. The van der Waals surface area contributed by atoms with Gasteiger partial charge >= 0.3 is 0 Å². The second kappa shape index (κ2) is 10.2. The molecule has 3 aromatic heterocycles. The number of nitrogens with zero attached hydrogens (tertiary/aromatic N) is 8. The van der Waals surface area contributed by atoms with Crippen LogP contribution in [0.15, 0.2) is 30.7 Å². The van der Waals surface area contributed by atoms with Crippen LogP contribution in [0.3, 0.4) is 0 Å². The molecule has 41 heavy (non-hydrogen) atoms. The van der Waals surface area contributed by atoms with Gasteiger partial charge in [0.1, 0.15) is 5.69 Å². The molecule has 6 rings (SSSR count). The zero-order valence-electron chi connectivity index (χ0n) is 21.6. The predicted octanol–water partition coefficient (Wildman–Crippen LogP) is 4.16. The van der Waals surface area contributed by atoms with Crippen LogP contribution in [0.5, 0.6) is 0 Å². The first-order valence-corrected chi connectivity index (χ1v) is 12.9. The van der Waals surface area contributed by atoms with Crippen molar-refractivity contribution < 1.29 is 22.8 Å². The Balaban J connectivity index is 1.18. The topological polar surface area (TPSA) is 132 Å². The standard InChI is InChI=1S/C26H21ClF3N9O2/c1-11-22(34-18(7-31-11)20-15(23(29)30)3-4-17(27)21(20)28)25(40)35-19-10-38(37-36-19)9-14-6-32-24(12(2)33-14)39-8-13-5-16(13)26(39)41/h3-4,6-7,10,13,16,23H,5,8-9H2,1-2H3,(H,35,40)/t13-,16-/m1/s1. The Labute approximate surface area is 235 Å². The number of hydrogen-bond donors (Lipinski definition) is 1. The Morgan fingerprint density at radius 1 is 1.17 bits per heavy atom. The molecule has 11 nitrogen and oxygen atoms in total. The van der Waals surface area contributed by atoms with E-state index in [1.54, 1.807) is 18.0 Å². The van der Waals surface area contributed by atoms with Crippen molar-refractivity contribution in [1.29, 1.82) is 0 Å². The minimum Gasteiger partial charge on any atom is -0.302 e. The Hall–Kier alpha value is -4.46. The summed E-state index contributed by atoms with van der Waals surface area (Å²) in [6, 6.07) is 2.02. The van der Waals surface area contributed by atoms with Gasteiger partial charge in [0, 0.05) is 23.6 Å². The zero-order valence-corrected chi connectivity index (χ0v) is 22.4. The number of halogens is 4. The summed E-state index contributed by atoms with van der Waals surface area (Å²) in [5.74, 6) is -0.594. The quantitative estimate of drug-likeness (QED) is 0.343. The summed E-state index contributed by atoms with van der Waals surface area (Å²) >= 11 is 5.81. The predicted molar refractivity (Wildman–Crippen MR) is 140 cm³/mol. The van der Waals surface area contributed by atoms with Gasteiger partial charge in [-0.05, 0) is 32.3 Å². The Kier molecular flexibility index (Phi) is 6.64. The largest absolute Gasteiger partial charge is 0.302 e. The van der Waals surface area contributed by atoms with E-state index in [1.165, 1.54) is 17.8 Å². The molecule has 0 bridgehead atoms. The van der Waals surface area contributed by atoms with Gasteiger partial charge in [-0.2, -0.15) is 0 Å². The molecule has 2 atom stereocenters. The van der Waals surface area contributed by atoms with Gasteiger partial charge in [-0.25, -0.2) is 27.8 Å². The van der Waals surface area contributed by atoms with Crippen molar-refractivity contribution in [3.05, 3.63) is 69.9 Å². The number of aryl methyl sites for hydroxylation is 2. The van der Waals surface area contributed by atoms with Gasteiger partial charge in [-0.1, -0.05) is 22.9 Å². The second-order valence-corrected chi connectivity index (χ2v) is 10.3. The number of carbonyl (C=O) groups excluding carboxylic acids is 2. The summed E-state index contributed by atoms with van der Waals surface area (Å²) in [5.41, 5.74) is -0.293. The van der Waals surface area contributed by atoms with E-state index in [0.717, 1.165) is 24.8 Å². The lowest BCUT2D eigenvalue weighted by Crippen LogP contribution is -2.30. The number of nitrogens with one attached hydrogen (secondary N) is 1. The average Bonchev–Trinajstić information content (AvgIpc) is 3.46. The highest BCUT2D eigenvalue weighted by molar-refractivity contribution is 6.31. The maximum atomic E-state index is 14.7. The number of hydrogen-bond acceptors (Lipinski definition) is 8. The van der Waals surface area contributed by atoms with Crippen LogP contribution in [0.2, 0.25) is 5.02 Å². The number of aromatic nitrogens is 7. The molecule has 4 aromatic rings. The normalized spacial score (nSPS) is 17.7. The van der Waals surface area contributed by atoms with Crippen LogP contribution in [0.25, 0.3) is 11.3 Å². The summed E-state index contributed by atoms with van der Waals surface area (Å²) < 4.78 is 43.3. The lowest BCUT2D eigenvalue weighted by molar-refractivity contribution is -0.118. The number of carbonyl (C=O) groups is 2. The van der Waals surface area contributed by atoms with E-state index in [0.29, 0.717) is 29.7 Å². The summed E-state index contributed by atoms with van der Waals surface area (Å²) in [7, 11) is 0. The first-order chi connectivity index (χ1) is 19.6. The third kappa shape index (κ3) is 4.99. The molecule has 4 heterocycles. The maximum absolute atomic E-state index is 14.7. The Morgan fingerprint density at radius 3 is 2.68 bits per heavy atom. The second-order valence-electron chi connectivity index (χ2n) is 9.89. The molecule has 2 amide bonds. The fourth-order valence-corrected chi connectivity index (χ4v) is 5.06. The van der Waals surface area contributed by atoms with E-state index in [1.807, 2.05) is 0 Å². The highest BCUT2D eigenvalue weighted by Crippen LogP contribution is 2.47. The smallest absolute Gasteiger partial charge is 0.277 e. The van der Waals surface area contributed by atoms with Crippen LogP contribution in [0, 0.1) is 31.5 Å². The molecule has 2 aliphatic rings. The van der Waals surface area contributed by atoms with Crippen molar-refractivity contribution in [2.45, 2.75) is 33.2 Å². The van der Waals surface area contributed by atoms with Crippen molar-refractivity contribution >= 4 is 35.1 Å². The SMILES string of the molecule is Cc1ncc(-c2c(C(F)F)ccc(Cl)c2F)nc1C(=O)Nc1cn(Cc2cnc(N3C[C@H]4C[C@H]4C3=O)c(C)n2)nn1. The van der Waals surface area contributed by atoms with Crippen LogP contribution in [0.4, 0.5) is 24.8 Å². The van der Waals surface area contributed by atoms with Crippen LogP contribution in [0.1, 0.15) is 46.0 Å². The number of benzene rings is 1. The molecule has 1 aliphatic heterocycles. The summed E-state index contributed by atoms with van der Waals surface area (Å²) in [6.07, 6.45) is 2.05. The lowest BCUT2D eigenvalue weighted by atomic mass is 10.0. The third-order valence-corrected chi connectivity index (χ3v) is 7.33. The van der Waals surface area contributed by atoms with Gasteiger partial charge in [-0.3, -0.25) is 24.5 Å². The van der Waals surface area contributed by atoms with E-state index in [2.05, 4.69) is 35.6 Å². The van der Waals surface area contributed by atoms with Crippen molar-refractivity contribution in [3.63, 3.8) is 0 Å². The molecule has 1 aromatic carbocycles. The first kappa shape index (κ1) is 26.7. The first-order valence-electron chi connectivity index (χ1n) is 12.6. The number of anilines is 2. The molecule has 1 aliphatic carbocycles. The zero-order chi connectivity index (χ0) is 29.0. The van der Waals surface area contributed by atoms with Crippen LogP contribution < -0.4 is 10.2 Å². The van der Waals surface area contributed by atoms with Gasteiger partial charge in [0.15, 0.2) is 17.5 Å². The summed E-state index contributed by atoms with van der Waals surface area (Å²) in [6.45, 7) is 4.13. The van der Waals surface area contributed by atoms with E-state index < -0.39 is 29.3 Å². The number of amides is 2. The Bertz CT molecular complexity index is 1710. The van der Waals surface area contributed by atoms with Crippen molar-refractivity contribution in [2.24, 2.45) is 11.8 Å². The fraction of sp³-hybridized carbons (Fsp3) is 0.308. The maximum Gasteiger partial charge on any atom is 0.277 e. The highest BCUT2D eigenvalue weighted by Gasteiger charge is 2.53. The van der Waals surface area contributed by atoms with E-state index in [4.69, 9.17) is 11.6 Å². The fourth-order valence-electron chi connectivity index (χ4n) is 4.90. The molecule has 2 fully saturated rings. The molecular formula is C26H21ClF3N9O2. The summed E-state index contributed by atoms with van der Waals surface area (Å²) in [5, 5.41) is 10.1. The monoisotopic (exact) mass is 583 g/mol. The van der Waals surface area contributed by atoms with Crippen molar-refractivity contribution in [3.8, 4) is 11.3 Å². The van der Waals surface area contributed by atoms with Gasteiger partial charge in [0.25, 0.3) is 12.3 Å². The van der Waals surface area contributed by atoms with Crippen LogP contribution in [-0.2, 0) is 11.3 Å². The van der Waals surface area contributed by atoms with Crippen LogP contribution in [-0.4, -0.2) is 53.3 Å². The van der Waals surface area contributed by atoms with E-state index in [9.17, 15) is 22.8 Å². The number of piperidine rings is 1. The van der Waals surface area contributed by atoms with Gasteiger partial charge in [0.2, 0.25) is 5.91 Å². The minimum atomic E-state index is -3.01. The van der Waals surface area contributed by atoms with E-state index >= 15 is 0 Å². The molecule has 1 saturated heterocycles. The molecule has 210 valence electrons. The third-order valence-electron chi connectivity index (χ3n) is 7.04. The Morgan fingerprint density at radius 2 is 1.98 bits per heavy atom. The average molecular weight is 584 g/mol. The van der Waals surface area contributed by atoms with Gasteiger partial charge < -0.3 is 5.32 Å². The molecular weight excluding hydrogens is 563 g/mol. The molecule has 1 saturated carbocycles. The number of rotatable bonds is 7. The van der Waals surface area contributed by atoms with Crippen molar-refractivity contribution in [1.82, 2.24) is 34.9 Å². The molecule has 1 N–H and O–H groups in total. The van der Waals surface area contributed by atoms with Crippen molar-refractivity contribution in [2.75, 3.05) is 16.8 Å². The lowest BCUT2D eigenvalue weighted by Gasteiger charge is -2.18. The number of fused-ring (bicyclic) bond motifs is 1. The molecule has 0 radical (unpaired) electrons. The molecule has 0 spiro atoms.